The SMILES string of the molecule is C[C@]12CC(=NO)C(=O)CC1C[C@@H](O)[C@@H]1[C@@H]2CC[C@]2(C)C(=O)CC[C@@H]12. The Kier molecular flexibility index (Phi) is 3.48. The molecule has 0 radical (unpaired) electrons. The summed E-state index contributed by atoms with van der Waals surface area (Å²) in [4.78, 5) is 24.6. The Balaban J connectivity index is 1.72. The molecular weight excluding hydrogens is 306 g/mol. The van der Waals surface area contributed by atoms with E-state index >= 15 is 0 Å². The molecule has 0 aliphatic heterocycles. The number of hydrogen-bond donors (Lipinski definition) is 2. The number of aliphatic hydroxyl groups is 1. The number of nitrogens with zero attached hydrogens (tertiary/aromatic N) is 1. The van der Waals surface area contributed by atoms with Crippen molar-refractivity contribution in [1.82, 2.24) is 0 Å². The second kappa shape index (κ2) is 5.13. The number of hydrogen-bond acceptors (Lipinski definition) is 5. The van der Waals surface area contributed by atoms with Gasteiger partial charge >= 0.3 is 0 Å². The van der Waals surface area contributed by atoms with Crippen molar-refractivity contribution in [1.29, 1.82) is 0 Å². The van der Waals surface area contributed by atoms with E-state index in [4.69, 9.17) is 0 Å². The zero-order valence-corrected chi connectivity index (χ0v) is 14.5. The van der Waals surface area contributed by atoms with E-state index < -0.39 is 6.10 Å². The van der Waals surface area contributed by atoms with Crippen LogP contribution in [0.3, 0.4) is 0 Å². The first kappa shape index (κ1) is 16.2. The van der Waals surface area contributed by atoms with E-state index in [-0.39, 0.29) is 34.4 Å². The van der Waals surface area contributed by atoms with Gasteiger partial charge in [-0.05, 0) is 54.8 Å². The molecule has 132 valence electrons. The molecule has 4 fully saturated rings. The normalized spacial score (nSPS) is 52.8. The molecule has 5 heteroatoms. The van der Waals surface area contributed by atoms with Gasteiger partial charge in [0.15, 0.2) is 5.78 Å². The van der Waals surface area contributed by atoms with E-state index in [0.29, 0.717) is 43.1 Å². The minimum Gasteiger partial charge on any atom is -0.411 e. The molecule has 1 unspecified atom stereocenters. The van der Waals surface area contributed by atoms with Crippen molar-refractivity contribution in [2.24, 2.45) is 39.7 Å². The van der Waals surface area contributed by atoms with Gasteiger partial charge in [-0.1, -0.05) is 19.0 Å². The van der Waals surface area contributed by atoms with Gasteiger partial charge in [-0.15, -0.1) is 0 Å². The third kappa shape index (κ3) is 1.94. The van der Waals surface area contributed by atoms with E-state index in [2.05, 4.69) is 19.0 Å². The minimum absolute atomic E-state index is 0.0812. The molecule has 4 saturated carbocycles. The molecule has 0 bridgehead atoms. The van der Waals surface area contributed by atoms with Crippen LogP contribution in [0.15, 0.2) is 5.16 Å². The molecule has 0 aromatic carbocycles. The third-order valence-corrected chi connectivity index (χ3v) is 8.21. The Morgan fingerprint density at radius 2 is 1.92 bits per heavy atom. The van der Waals surface area contributed by atoms with Crippen molar-refractivity contribution in [3.05, 3.63) is 0 Å². The average molecular weight is 333 g/mol. The molecule has 0 saturated heterocycles. The Morgan fingerprint density at radius 3 is 2.62 bits per heavy atom. The minimum atomic E-state index is -0.427. The van der Waals surface area contributed by atoms with Crippen LogP contribution >= 0.6 is 0 Å². The first-order valence-corrected chi connectivity index (χ1v) is 9.27. The summed E-state index contributed by atoms with van der Waals surface area (Å²) in [6.07, 6.45) is 4.39. The van der Waals surface area contributed by atoms with Gasteiger partial charge in [0, 0.05) is 24.7 Å². The summed E-state index contributed by atoms with van der Waals surface area (Å²) in [6, 6.07) is 0. The summed E-state index contributed by atoms with van der Waals surface area (Å²) in [5.41, 5.74) is -0.101. The highest BCUT2D eigenvalue weighted by Crippen LogP contribution is 2.64. The number of Topliss-reactive ketones (excluding diaryl/α,β-unsaturated/α-hetero) is 2. The molecule has 4 aliphatic carbocycles. The van der Waals surface area contributed by atoms with E-state index in [9.17, 15) is 19.9 Å². The molecule has 5 nitrogen and oxygen atoms in total. The fraction of sp³-hybridized carbons (Fsp3) is 0.842. The topological polar surface area (TPSA) is 87.0 Å². The van der Waals surface area contributed by atoms with Crippen LogP contribution in [0.25, 0.3) is 0 Å². The van der Waals surface area contributed by atoms with Crippen LogP contribution in [0, 0.1) is 34.5 Å². The lowest BCUT2D eigenvalue weighted by Gasteiger charge is -2.60. The van der Waals surface area contributed by atoms with E-state index in [1.165, 1.54) is 0 Å². The van der Waals surface area contributed by atoms with Gasteiger partial charge < -0.3 is 10.3 Å². The Labute approximate surface area is 142 Å². The zero-order chi connectivity index (χ0) is 17.3. The van der Waals surface area contributed by atoms with Gasteiger partial charge in [0.2, 0.25) is 0 Å². The van der Waals surface area contributed by atoms with E-state index in [0.717, 1.165) is 19.3 Å². The standard InChI is InChI=1S/C19H27NO4/c1-18-6-5-12-17(11(18)3-4-16(18)23)15(22)8-10-7-14(21)13(20-24)9-19(10,12)2/h10-12,15,17,22,24H,3-9H2,1-2H3/t10?,11-,12-,15+,17-,18-,19-/m0/s1. The Hall–Kier alpha value is -1.23. The summed E-state index contributed by atoms with van der Waals surface area (Å²) >= 11 is 0. The van der Waals surface area contributed by atoms with Gasteiger partial charge in [0.25, 0.3) is 0 Å². The van der Waals surface area contributed by atoms with Crippen molar-refractivity contribution < 1.29 is 19.9 Å². The maximum atomic E-state index is 12.4. The lowest BCUT2D eigenvalue weighted by molar-refractivity contribution is -0.159. The van der Waals surface area contributed by atoms with Crippen LogP contribution in [0.1, 0.15) is 58.8 Å². The van der Waals surface area contributed by atoms with Gasteiger partial charge in [-0.3, -0.25) is 9.59 Å². The molecule has 0 heterocycles. The molecule has 4 rings (SSSR count). The number of ketones is 2. The molecular formula is C19H27NO4. The molecule has 2 N–H and O–H groups in total. The second-order valence-electron chi connectivity index (χ2n) is 9.06. The number of fused-ring (bicyclic) bond motifs is 5. The lowest BCUT2D eigenvalue weighted by atomic mass is 9.44. The number of carbonyl (C=O) groups excluding carboxylic acids is 2. The van der Waals surface area contributed by atoms with Crippen LogP contribution in [-0.2, 0) is 9.59 Å². The largest absolute Gasteiger partial charge is 0.411 e. The highest BCUT2D eigenvalue weighted by atomic mass is 16.4. The first-order valence-electron chi connectivity index (χ1n) is 9.27. The van der Waals surface area contributed by atoms with Crippen LogP contribution in [0.4, 0.5) is 0 Å². The molecule has 0 spiro atoms. The maximum Gasteiger partial charge on any atom is 0.180 e. The highest BCUT2D eigenvalue weighted by molar-refractivity contribution is 6.40. The van der Waals surface area contributed by atoms with Gasteiger partial charge in [0.05, 0.1) is 6.10 Å². The summed E-state index contributed by atoms with van der Waals surface area (Å²) in [6.45, 7) is 4.30. The zero-order valence-electron chi connectivity index (χ0n) is 14.5. The number of aliphatic hydroxyl groups excluding tert-OH is 1. The van der Waals surface area contributed by atoms with Crippen molar-refractivity contribution in [2.75, 3.05) is 0 Å². The highest BCUT2D eigenvalue weighted by Gasteiger charge is 2.63. The fourth-order valence-corrected chi connectivity index (χ4v) is 6.78. The van der Waals surface area contributed by atoms with Crippen LogP contribution in [0.2, 0.25) is 0 Å². The van der Waals surface area contributed by atoms with Crippen molar-refractivity contribution >= 4 is 17.3 Å². The van der Waals surface area contributed by atoms with Crippen molar-refractivity contribution in [3.8, 4) is 0 Å². The molecule has 0 aromatic rings. The quantitative estimate of drug-likeness (QED) is 0.527. The van der Waals surface area contributed by atoms with Gasteiger partial charge in [-0.25, -0.2) is 0 Å². The van der Waals surface area contributed by atoms with Crippen molar-refractivity contribution in [3.63, 3.8) is 0 Å². The molecule has 0 aromatic heterocycles. The third-order valence-electron chi connectivity index (χ3n) is 8.21. The predicted molar refractivity (Wildman–Crippen MR) is 87.7 cm³/mol. The Morgan fingerprint density at radius 1 is 1.17 bits per heavy atom. The predicted octanol–water partition coefficient (Wildman–Crippen LogP) is 2.58. The first-order chi connectivity index (χ1) is 11.3. The smallest absolute Gasteiger partial charge is 0.180 e. The summed E-state index contributed by atoms with van der Waals surface area (Å²) < 4.78 is 0. The number of oxime groups is 1. The molecule has 7 atom stereocenters. The fourth-order valence-electron chi connectivity index (χ4n) is 6.78. The summed E-state index contributed by atoms with van der Waals surface area (Å²) in [5.74, 6) is 1.10. The maximum absolute atomic E-state index is 12.4. The Bertz CT molecular complexity index is 629. The van der Waals surface area contributed by atoms with Gasteiger partial charge in [0.1, 0.15) is 11.5 Å². The molecule has 24 heavy (non-hydrogen) atoms. The van der Waals surface area contributed by atoms with E-state index in [1.54, 1.807) is 0 Å². The van der Waals surface area contributed by atoms with Crippen LogP contribution in [0.5, 0.6) is 0 Å². The van der Waals surface area contributed by atoms with Gasteiger partial charge in [-0.2, -0.15) is 0 Å². The number of rotatable bonds is 0. The molecule has 0 amide bonds. The van der Waals surface area contributed by atoms with Crippen LogP contribution in [-0.4, -0.2) is 33.7 Å². The number of carbonyl (C=O) groups is 2. The molecule has 4 aliphatic rings. The monoisotopic (exact) mass is 333 g/mol. The van der Waals surface area contributed by atoms with E-state index in [1.807, 2.05) is 0 Å². The summed E-state index contributed by atoms with van der Waals surface area (Å²) in [5, 5.41) is 23.4. The van der Waals surface area contributed by atoms with Crippen molar-refractivity contribution in [2.45, 2.75) is 64.9 Å². The lowest BCUT2D eigenvalue weighted by Crippen LogP contribution is -2.59. The summed E-state index contributed by atoms with van der Waals surface area (Å²) in [7, 11) is 0. The average Bonchev–Trinajstić information content (AvgIpc) is 2.84. The van der Waals surface area contributed by atoms with Crippen LogP contribution < -0.4 is 0 Å². The second-order valence-corrected chi connectivity index (χ2v) is 9.06.